The Kier molecular flexibility index (Phi) is 7.48. The average Bonchev–Trinajstić information content (AvgIpc) is 2.80. The Balaban J connectivity index is 1.57. The number of rotatable bonds is 8. The fourth-order valence-corrected chi connectivity index (χ4v) is 3.38. The Hall–Kier alpha value is -3.55. The summed E-state index contributed by atoms with van der Waals surface area (Å²) >= 11 is 0. The van der Waals surface area contributed by atoms with Crippen molar-refractivity contribution in [1.82, 2.24) is 10.6 Å². The molecule has 2 aromatic carbocycles. The van der Waals surface area contributed by atoms with Crippen molar-refractivity contribution >= 4 is 23.4 Å². The molecule has 8 heteroatoms. The number of carbonyl (C=O) groups is 3. The van der Waals surface area contributed by atoms with Crippen LogP contribution in [0.5, 0.6) is 11.5 Å². The lowest BCUT2D eigenvalue weighted by Gasteiger charge is -2.34. The van der Waals surface area contributed by atoms with E-state index in [1.165, 1.54) is 7.05 Å². The zero-order valence-corrected chi connectivity index (χ0v) is 17.7. The average molecular weight is 425 g/mol. The van der Waals surface area contributed by atoms with Crippen molar-refractivity contribution in [2.45, 2.75) is 25.9 Å². The molecule has 2 N–H and O–H groups in total. The van der Waals surface area contributed by atoms with Crippen LogP contribution in [0.25, 0.3) is 0 Å². The zero-order valence-electron chi connectivity index (χ0n) is 17.7. The number of benzene rings is 2. The molecule has 1 heterocycles. The highest BCUT2D eigenvalue weighted by atomic mass is 16.5. The van der Waals surface area contributed by atoms with E-state index in [4.69, 9.17) is 9.47 Å². The van der Waals surface area contributed by atoms with Gasteiger partial charge in [-0.05, 0) is 37.6 Å². The summed E-state index contributed by atoms with van der Waals surface area (Å²) in [5.74, 6) is 0.370. The third kappa shape index (κ3) is 5.33. The maximum absolute atomic E-state index is 12.9. The number of carbonyl (C=O) groups excluding carboxylic acids is 3. The molecule has 1 aliphatic rings. The summed E-state index contributed by atoms with van der Waals surface area (Å²) in [5.41, 5.74) is 1.11. The van der Waals surface area contributed by atoms with Crippen LogP contribution in [0.2, 0.25) is 0 Å². The minimum Gasteiger partial charge on any atom is -0.493 e. The molecule has 3 amide bonds. The molecular formula is C23H27N3O5. The van der Waals surface area contributed by atoms with Gasteiger partial charge in [-0.2, -0.15) is 0 Å². The number of nitrogens with one attached hydrogen (secondary N) is 2. The maximum atomic E-state index is 12.9. The molecule has 0 aromatic heterocycles. The van der Waals surface area contributed by atoms with Crippen LogP contribution in [0, 0.1) is 0 Å². The second-order valence-corrected chi connectivity index (χ2v) is 6.98. The highest BCUT2D eigenvalue weighted by molar-refractivity contribution is 5.98. The molecule has 0 aliphatic carbocycles. The fraction of sp³-hybridized carbons (Fsp3) is 0.348. The van der Waals surface area contributed by atoms with Crippen molar-refractivity contribution in [2.75, 3.05) is 31.6 Å². The van der Waals surface area contributed by atoms with Gasteiger partial charge < -0.3 is 25.0 Å². The minimum atomic E-state index is -0.765. The number of anilines is 1. The van der Waals surface area contributed by atoms with E-state index >= 15 is 0 Å². The first kappa shape index (κ1) is 22.1. The number of hydrogen-bond acceptors (Lipinski definition) is 5. The number of amides is 3. The third-order valence-electron chi connectivity index (χ3n) is 4.90. The molecule has 31 heavy (non-hydrogen) atoms. The van der Waals surface area contributed by atoms with Gasteiger partial charge in [0.15, 0.2) is 6.10 Å². The summed E-state index contributed by atoms with van der Waals surface area (Å²) in [4.78, 5) is 39.0. The van der Waals surface area contributed by atoms with E-state index in [2.05, 4.69) is 10.6 Å². The molecule has 0 radical (unpaired) electrons. The Morgan fingerprint density at radius 1 is 1.13 bits per heavy atom. The zero-order chi connectivity index (χ0) is 22.2. The first-order valence-corrected chi connectivity index (χ1v) is 10.3. The lowest BCUT2D eigenvalue weighted by Crippen LogP contribution is -2.50. The molecule has 1 aliphatic heterocycles. The molecule has 3 rings (SSSR count). The van der Waals surface area contributed by atoms with Gasteiger partial charge in [0.25, 0.3) is 11.8 Å². The van der Waals surface area contributed by atoms with Crippen LogP contribution in [0.1, 0.15) is 30.1 Å². The van der Waals surface area contributed by atoms with E-state index < -0.39 is 6.10 Å². The summed E-state index contributed by atoms with van der Waals surface area (Å²) in [6.07, 6.45) is -0.0769. The van der Waals surface area contributed by atoms with Gasteiger partial charge in [-0.1, -0.05) is 24.3 Å². The SMILES string of the molecule is CCOc1ccccc1C(=O)NCCCC(=O)N1C[C@@H](C(=O)NC)Oc2ccccc21. The number of para-hydroxylation sites is 3. The number of ether oxygens (including phenoxy) is 2. The van der Waals surface area contributed by atoms with E-state index in [1.54, 1.807) is 41.3 Å². The number of hydrogen-bond donors (Lipinski definition) is 2. The van der Waals surface area contributed by atoms with Crippen LogP contribution in [0.4, 0.5) is 5.69 Å². The summed E-state index contributed by atoms with van der Waals surface area (Å²) in [5, 5.41) is 5.39. The third-order valence-corrected chi connectivity index (χ3v) is 4.90. The van der Waals surface area contributed by atoms with Crippen molar-refractivity contribution in [3.63, 3.8) is 0 Å². The Bertz CT molecular complexity index is 946. The molecule has 0 fully saturated rings. The van der Waals surface area contributed by atoms with Gasteiger partial charge in [0.2, 0.25) is 5.91 Å². The van der Waals surface area contributed by atoms with Crippen molar-refractivity contribution in [1.29, 1.82) is 0 Å². The van der Waals surface area contributed by atoms with Crippen LogP contribution in [-0.4, -0.2) is 50.6 Å². The Morgan fingerprint density at radius 2 is 1.87 bits per heavy atom. The summed E-state index contributed by atoms with van der Waals surface area (Å²) in [6.45, 7) is 2.81. The molecule has 8 nitrogen and oxygen atoms in total. The first-order valence-electron chi connectivity index (χ1n) is 10.3. The standard InChI is InChI=1S/C23H27N3O5/c1-3-30-18-11-6-4-9-16(18)22(28)25-14-8-13-21(27)26-15-20(23(29)24-2)31-19-12-7-5-10-17(19)26/h4-7,9-12,20H,3,8,13-15H2,1-2H3,(H,24,29)(H,25,28)/t20-/m0/s1. The predicted octanol–water partition coefficient (Wildman–Crippen LogP) is 2.14. The lowest BCUT2D eigenvalue weighted by molar-refractivity contribution is -0.128. The first-order chi connectivity index (χ1) is 15.0. The molecular weight excluding hydrogens is 398 g/mol. The van der Waals surface area contributed by atoms with Gasteiger partial charge in [0, 0.05) is 20.0 Å². The number of likely N-dealkylation sites (N-methyl/N-ethyl adjacent to an activating group) is 1. The van der Waals surface area contributed by atoms with Crippen molar-refractivity contribution in [3.05, 3.63) is 54.1 Å². The lowest BCUT2D eigenvalue weighted by atomic mass is 10.1. The highest BCUT2D eigenvalue weighted by Crippen LogP contribution is 2.33. The Morgan fingerprint density at radius 3 is 2.65 bits per heavy atom. The van der Waals surface area contributed by atoms with Gasteiger partial charge in [0.05, 0.1) is 24.4 Å². The van der Waals surface area contributed by atoms with E-state index in [1.807, 2.05) is 19.1 Å². The fourth-order valence-electron chi connectivity index (χ4n) is 3.38. The normalized spacial score (nSPS) is 14.8. The molecule has 2 aromatic rings. The molecule has 0 saturated heterocycles. The van der Waals surface area contributed by atoms with Crippen LogP contribution in [-0.2, 0) is 9.59 Å². The number of fused-ring (bicyclic) bond motifs is 1. The molecule has 0 spiro atoms. The summed E-state index contributed by atoms with van der Waals surface area (Å²) < 4.78 is 11.2. The van der Waals surface area contributed by atoms with Crippen LogP contribution in [0.15, 0.2) is 48.5 Å². The second kappa shape index (κ2) is 10.5. The van der Waals surface area contributed by atoms with E-state index in [-0.39, 0.29) is 30.7 Å². The van der Waals surface area contributed by atoms with Crippen molar-refractivity contribution in [2.24, 2.45) is 0 Å². The predicted molar refractivity (Wildman–Crippen MR) is 116 cm³/mol. The van der Waals surface area contributed by atoms with Gasteiger partial charge in [-0.25, -0.2) is 0 Å². The maximum Gasteiger partial charge on any atom is 0.262 e. The number of nitrogens with zero attached hydrogens (tertiary/aromatic N) is 1. The molecule has 1 atom stereocenters. The van der Waals surface area contributed by atoms with Gasteiger partial charge >= 0.3 is 0 Å². The van der Waals surface area contributed by atoms with Gasteiger partial charge in [-0.15, -0.1) is 0 Å². The molecule has 0 unspecified atom stereocenters. The van der Waals surface area contributed by atoms with Gasteiger partial charge in [0.1, 0.15) is 11.5 Å². The van der Waals surface area contributed by atoms with E-state index in [0.29, 0.717) is 42.3 Å². The highest BCUT2D eigenvalue weighted by Gasteiger charge is 2.32. The Labute approximate surface area is 181 Å². The van der Waals surface area contributed by atoms with Crippen LogP contribution >= 0.6 is 0 Å². The summed E-state index contributed by atoms with van der Waals surface area (Å²) in [6, 6.07) is 14.2. The topological polar surface area (TPSA) is 97.0 Å². The second-order valence-electron chi connectivity index (χ2n) is 6.98. The smallest absolute Gasteiger partial charge is 0.262 e. The van der Waals surface area contributed by atoms with Crippen LogP contribution in [0.3, 0.4) is 0 Å². The van der Waals surface area contributed by atoms with Gasteiger partial charge in [-0.3, -0.25) is 14.4 Å². The van der Waals surface area contributed by atoms with Crippen LogP contribution < -0.4 is 25.0 Å². The molecule has 0 bridgehead atoms. The van der Waals surface area contributed by atoms with E-state index in [0.717, 1.165) is 0 Å². The van der Waals surface area contributed by atoms with E-state index in [9.17, 15) is 14.4 Å². The monoisotopic (exact) mass is 425 g/mol. The molecule has 0 saturated carbocycles. The van der Waals surface area contributed by atoms with Crippen molar-refractivity contribution in [3.8, 4) is 11.5 Å². The van der Waals surface area contributed by atoms with Crippen molar-refractivity contribution < 1.29 is 23.9 Å². The largest absolute Gasteiger partial charge is 0.493 e. The quantitative estimate of drug-likeness (QED) is 0.632. The summed E-state index contributed by atoms with van der Waals surface area (Å²) in [7, 11) is 1.53. The molecule has 164 valence electrons. The minimum absolute atomic E-state index is 0.131.